The smallest absolute Gasteiger partial charge is 0.278 e. The van der Waals surface area contributed by atoms with Crippen molar-refractivity contribution in [2.75, 3.05) is 27.3 Å². The zero-order valence-corrected chi connectivity index (χ0v) is 14.3. The number of ether oxygens (including phenoxy) is 3. The van der Waals surface area contributed by atoms with Crippen LogP contribution < -0.4 is 14.2 Å². The Morgan fingerprint density at radius 2 is 1.96 bits per heavy atom. The standard InChI is InChI=1S/C18H21N3O4/c1-23-14-6-3-5-13(11-14)18(22)21-10-4-7-15(12-21)25-17-16(24-2)19-8-9-20-17/h3,5-6,8-9,11,15H,4,7,10,12H2,1-2H3. The van der Waals surface area contributed by atoms with Gasteiger partial charge in [0.15, 0.2) is 0 Å². The maximum absolute atomic E-state index is 12.8. The van der Waals surface area contributed by atoms with Crippen molar-refractivity contribution in [2.24, 2.45) is 0 Å². The van der Waals surface area contributed by atoms with Gasteiger partial charge in [0.2, 0.25) is 0 Å². The number of piperidine rings is 1. The third kappa shape index (κ3) is 3.99. The summed E-state index contributed by atoms with van der Waals surface area (Å²) in [6, 6.07) is 7.17. The summed E-state index contributed by atoms with van der Waals surface area (Å²) in [5.41, 5.74) is 0.608. The van der Waals surface area contributed by atoms with E-state index in [-0.39, 0.29) is 12.0 Å². The van der Waals surface area contributed by atoms with Gasteiger partial charge < -0.3 is 19.1 Å². The average Bonchev–Trinajstić information content (AvgIpc) is 2.68. The number of hydrogen-bond donors (Lipinski definition) is 0. The zero-order chi connectivity index (χ0) is 17.6. The molecule has 2 aromatic rings. The second-order valence-corrected chi connectivity index (χ2v) is 5.74. The summed E-state index contributed by atoms with van der Waals surface area (Å²) in [6.45, 7) is 1.20. The molecule has 1 amide bonds. The van der Waals surface area contributed by atoms with Crippen LogP contribution in [0.3, 0.4) is 0 Å². The van der Waals surface area contributed by atoms with Crippen molar-refractivity contribution in [3.8, 4) is 17.5 Å². The largest absolute Gasteiger partial charge is 0.497 e. The van der Waals surface area contributed by atoms with E-state index in [2.05, 4.69) is 9.97 Å². The van der Waals surface area contributed by atoms with Crippen LogP contribution in [0.15, 0.2) is 36.7 Å². The first-order valence-corrected chi connectivity index (χ1v) is 8.16. The Morgan fingerprint density at radius 3 is 2.72 bits per heavy atom. The van der Waals surface area contributed by atoms with Gasteiger partial charge in [-0.15, -0.1) is 0 Å². The van der Waals surface area contributed by atoms with Crippen LogP contribution >= 0.6 is 0 Å². The fraction of sp³-hybridized carbons (Fsp3) is 0.389. The highest BCUT2D eigenvalue weighted by atomic mass is 16.5. The molecule has 1 aromatic heterocycles. The molecule has 3 rings (SSSR count). The maximum Gasteiger partial charge on any atom is 0.278 e. The number of nitrogens with zero attached hydrogens (tertiary/aromatic N) is 3. The van der Waals surface area contributed by atoms with Crippen molar-refractivity contribution in [1.82, 2.24) is 14.9 Å². The van der Waals surface area contributed by atoms with E-state index in [4.69, 9.17) is 14.2 Å². The first-order chi connectivity index (χ1) is 12.2. The lowest BCUT2D eigenvalue weighted by atomic mass is 10.1. The number of hydrogen-bond acceptors (Lipinski definition) is 6. The number of carbonyl (C=O) groups is 1. The number of rotatable bonds is 5. The minimum Gasteiger partial charge on any atom is -0.497 e. The molecule has 0 radical (unpaired) electrons. The molecular weight excluding hydrogens is 322 g/mol. The van der Waals surface area contributed by atoms with Crippen LogP contribution in [0.2, 0.25) is 0 Å². The topological polar surface area (TPSA) is 73.8 Å². The predicted molar refractivity (Wildman–Crippen MR) is 91.1 cm³/mol. The van der Waals surface area contributed by atoms with E-state index < -0.39 is 0 Å². The van der Waals surface area contributed by atoms with Crippen molar-refractivity contribution in [3.05, 3.63) is 42.2 Å². The highest BCUT2D eigenvalue weighted by molar-refractivity contribution is 5.94. The van der Waals surface area contributed by atoms with Crippen LogP contribution in [-0.4, -0.2) is 54.2 Å². The minimum atomic E-state index is -0.145. The van der Waals surface area contributed by atoms with Gasteiger partial charge in [0.05, 0.1) is 20.8 Å². The molecule has 0 aliphatic carbocycles. The van der Waals surface area contributed by atoms with Crippen LogP contribution in [0, 0.1) is 0 Å². The molecule has 1 fully saturated rings. The van der Waals surface area contributed by atoms with Crippen LogP contribution in [0.25, 0.3) is 0 Å². The molecule has 0 spiro atoms. The first kappa shape index (κ1) is 17.0. The van der Waals surface area contributed by atoms with E-state index in [1.807, 2.05) is 12.1 Å². The molecule has 0 N–H and O–H groups in total. The van der Waals surface area contributed by atoms with Crippen LogP contribution in [-0.2, 0) is 0 Å². The van der Waals surface area contributed by atoms with Crippen molar-refractivity contribution >= 4 is 5.91 Å². The monoisotopic (exact) mass is 343 g/mol. The molecule has 2 heterocycles. The molecule has 1 aliphatic heterocycles. The molecular formula is C18H21N3O4. The third-order valence-electron chi connectivity index (χ3n) is 4.09. The lowest BCUT2D eigenvalue weighted by molar-refractivity contribution is 0.0519. The number of carbonyl (C=O) groups excluding carboxylic acids is 1. The van der Waals surface area contributed by atoms with Crippen molar-refractivity contribution in [2.45, 2.75) is 18.9 Å². The van der Waals surface area contributed by atoms with E-state index in [0.29, 0.717) is 36.2 Å². The Morgan fingerprint density at radius 1 is 1.16 bits per heavy atom. The van der Waals surface area contributed by atoms with Gasteiger partial charge in [-0.3, -0.25) is 4.79 Å². The average molecular weight is 343 g/mol. The van der Waals surface area contributed by atoms with Crippen molar-refractivity contribution < 1.29 is 19.0 Å². The summed E-state index contributed by atoms with van der Waals surface area (Å²) < 4.78 is 16.3. The van der Waals surface area contributed by atoms with Gasteiger partial charge in [0, 0.05) is 24.5 Å². The van der Waals surface area contributed by atoms with E-state index in [1.54, 1.807) is 36.5 Å². The Bertz CT molecular complexity index is 738. The lowest BCUT2D eigenvalue weighted by Gasteiger charge is -2.32. The normalized spacial score (nSPS) is 17.0. The summed E-state index contributed by atoms with van der Waals surface area (Å²) >= 11 is 0. The minimum absolute atomic E-state index is 0.0293. The van der Waals surface area contributed by atoms with Crippen molar-refractivity contribution in [1.29, 1.82) is 0 Å². The predicted octanol–water partition coefficient (Wildman–Crippen LogP) is 2.18. The van der Waals surface area contributed by atoms with Gasteiger partial charge in [0.25, 0.3) is 17.7 Å². The Labute approximate surface area is 146 Å². The van der Waals surface area contributed by atoms with E-state index in [1.165, 1.54) is 7.11 Å². The summed E-state index contributed by atoms with van der Waals surface area (Å²) in [5, 5.41) is 0. The van der Waals surface area contributed by atoms with E-state index >= 15 is 0 Å². The van der Waals surface area contributed by atoms with Crippen LogP contribution in [0.4, 0.5) is 0 Å². The summed E-state index contributed by atoms with van der Waals surface area (Å²) in [4.78, 5) is 22.8. The fourth-order valence-electron chi connectivity index (χ4n) is 2.85. The van der Waals surface area contributed by atoms with E-state index in [9.17, 15) is 4.79 Å². The van der Waals surface area contributed by atoms with Gasteiger partial charge in [-0.25, -0.2) is 9.97 Å². The Kier molecular flexibility index (Phi) is 5.33. The zero-order valence-electron chi connectivity index (χ0n) is 14.3. The van der Waals surface area contributed by atoms with E-state index in [0.717, 1.165) is 12.8 Å². The molecule has 7 nitrogen and oxygen atoms in total. The second-order valence-electron chi connectivity index (χ2n) is 5.74. The number of aromatic nitrogens is 2. The van der Waals surface area contributed by atoms with Gasteiger partial charge in [0.1, 0.15) is 11.9 Å². The number of amides is 1. The Hall–Kier alpha value is -2.83. The number of benzene rings is 1. The molecule has 7 heteroatoms. The van der Waals surface area contributed by atoms with Gasteiger partial charge in [-0.05, 0) is 31.0 Å². The molecule has 132 valence electrons. The number of likely N-dealkylation sites (tertiary alicyclic amines) is 1. The molecule has 1 aliphatic rings. The highest BCUT2D eigenvalue weighted by Crippen LogP contribution is 2.24. The van der Waals surface area contributed by atoms with Crippen LogP contribution in [0.1, 0.15) is 23.2 Å². The molecule has 1 atom stereocenters. The SMILES string of the molecule is COc1cccc(C(=O)N2CCCC(Oc3nccnc3OC)C2)c1. The molecule has 25 heavy (non-hydrogen) atoms. The maximum atomic E-state index is 12.8. The second kappa shape index (κ2) is 7.83. The fourth-order valence-corrected chi connectivity index (χ4v) is 2.85. The molecule has 1 unspecified atom stereocenters. The van der Waals surface area contributed by atoms with Gasteiger partial charge in [-0.2, -0.15) is 0 Å². The summed E-state index contributed by atoms with van der Waals surface area (Å²) in [6.07, 6.45) is 4.67. The first-order valence-electron chi connectivity index (χ1n) is 8.16. The van der Waals surface area contributed by atoms with Gasteiger partial charge in [-0.1, -0.05) is 6.07 Å². The van der Waals surface area contributed by atoms with Gasteiger partial charge >= 0.3 is 0 Å². The molecule has 0 bridgehead atoms. The Balaban J connectivity index is 1.69. The quantitative estimate of drug-likeness (QED) is 0.828. The highest BCUT2D eigenvalue weighted by Gasteiger charge is 2.27. The molecule has 1 aromatic carbocycles. The molecule has 1 saturated heterocycles. The summed E-state index contributed by atoms with van der Waals surface area (Å²) in [7, 11) is 3.11. The lowest BCUT2D eigenvalue weighted by Crippen LogP contribution is -2.44. The van der Waals surface area contributed by atoms with Crippen LogP contribution in [0.5, 0.6) is 17.5 Å². The molecule has 0 saturated carbocycles. The van der Waals surface area contributed by atoms with Crippen molar-refractivity contribution in [3.63, 3.8) is 0 Å². The third-order valence-corrected chi connectivity index (χ3v) is 4.09. The number of methoxy groups -OCH3 is 2. The summed E-state index contributed by atoms with van der Waals surface area (Å²) in [5.74, 6) is 1.34.